The van der Waals surface area contributed by atoms with E-state index in [1.807, 2.05) is 0 Å². The highest BCUT2D eigenvalue weighted by molar-refractivity contribution is 5.96. The largest absolute Gasteiger partial charge is 0.481 e. The van der Waals surface area contributed by atoms with Crippen molar-refractivity contribution in [3.8, 4) is 0 Å². The predicted molar refractivity (Wildman–Crippen MR) is 193 cm³/mol. The second kappa shape index (κ2) is 24.1. The van der Waals surface area contributed by atoms with Crippen LogP contribution in [0.5, 0.6) is 0 Å². The van der Waals surface area contributed by atoms with Gasteiger partial charge < -0.3 is 64.2 Å². The summed E-state index contributed by atoms with van der Waals surface area (Å²) in [5, 5.41) is 32.8. The van der Waals surface area contributed by atoms with E-state index in [0.717, 1.165) is 0 Å². The molecule has 55 heavy (non-hydrogen) atoms. The molecule has 22 heteroatoms. The monoisotopic (exact) mass is 784 g/mol. The van der Waals surface area contributed by atoms with Gasteiger partial charge in [0.15, 0.2) is 0 Å². The highest BCUT2D eigenvalue weighted by Gasteiger charge is 2.36. The number of carbonyl (C=O) groups excluding carboxylic acids is 8. The molecule has 1 aliphatic heterocycles. The molecule has 0 radical (unpaired) electrons. The summed E-state index contributed by atoms with van der Waals surface area (Å²) in [6.45, 7) is 4.21. The highest BCUT2D eigenvalue weighted by Crippen LogP contribution is 2.18. The molecule has 14 N–H and O–H groups in total. The van der Waals surface area contributed by atoms with Crippen LogP contribution in [0.25, 0.3) is 0 Å². The molecular weight excluding hydrogens is 728 g/mol. The number of rotatable bonds is 25. The van der Waals surface area contributed by atoms with Gasteiger partial charge in [0.25, 0.3) is 0 Å². The number of amides is 8. The Morgan fingerprint density at radius 3 is 2.00 bits per heavy atom. The van der Waals surface area contributed by atoms with Crippen LogP contribution >= 0.6 is 0 Å². The molecule has 1 heterocycles. The Hall–Kier alpha value is -5.38. The first kappa shape index (κ1) is 47.6. The summed E-state index contributed by atoms with van der Waals surface area (Å²) in [5.74, 6) is -9.07. The fourth-order valence-electron chi connectivity index (χ4n) is 5.48. The summed E-state index contributed by atoms with van der Waals surface area (Å²) < 4.78 is 0. The molecule has 310 valence electrons. The van der Waals surface area contributed by atoms with Crippen molar-refractivity contribution < 1.29 is 58.2 Å². The van der Waals surface area contributed by atoms with Crippen LogP contribution in [0, 0.1) is 5.92 Å². The van der Waals surface area contributed by atoms with E-state index in [2.05, 4.69) is 31.9 Å². The molecule has 0 bridgehead atoms. The maximum Gasteiger partial charge on any atom is 0.326 e. The summed E-state index contributed by atoms with van der Waals surface area (Å²) in [7, 11) is 0. The number of carbonyl (C=O) groups is 10. The van der Waals surface area contributed by atoms with E-state index in [1.165, 1.54) is 11.8 Å². The van der Waals surface area contributed by atoms with Gasteiger partial charge in [0.2, 0.25) is 47.3 Å². The number of nitrogens with two attached hydrogens (primary N) is 3. The number of likely N-dealkylation sites (tertiary alicyclic amines) is 1. The molecule has 0 spiro atoms. The third-order valence-corrected chi connectivity index (χ3v) is 8.44. The molecule has 0 aliphatic carbocycles. The lowest BCUT2D eigenvalue weighted by atomic mass is 10.0. The van der Waals surface area contributed by atoms with E-state index in [4.69, 9.17) is 17.2 Å². The second-order valence-corrected chi connectivity index (χ2v) is 13.6. The standard InChI is InChI=1S/C33H56N10O12/c1-17(2)13-21(40-25(45)15-37-30(51)22(14-27(47)48)42-29(50)19(35)9-10-24(36)44)31(52)39-18(3)28(49)38-16-26(46)43-12-6-8-23(43)32(53)41-20(33(54)55)7-4-5-11-34/h17-23H,4-16,34-35H2,1-3H3,(H2,36,44)(H,37,51)(H,38,49)(H,39,52)(H,40,45)(H,41,53)(H,42,50)(H,47,48)(H,54,55)/t18-,19-,20-,21-,22-,23-/m0/s1. The van der Waals surface area contributed by atoms with Crippen molar-refractivity contribution in [1.82, 2.24) is 36.8 Å². The average Bonchev–Trinajstić information content (AvgIpc) is 3.60. The number of hydrogen-bond acceptors (Lipinski definition) is 12. The van der Waals surface area contributed by atoms with Gasteiger partial charge in [-0.25, -0.2) is 4.79 Å². The Morgan fingerprint density at radius 2 is 1.42 bits per heavy atom. The Kier molecular flexibility index (Phi) is 20.9. The van der Waals surface area contributed by atoms with Gasteiger partial charge in [0, 0.05) is 13.0 Å². The Bertz CT molecular complexity index is 1410. The SMILES string of the molecule is CC(C)C[C@H](NC(=O)CNC(=O)[C@H](CC(=O)O)NC(=O)[C@@H](N)CCC(N)=O)C(=O)N[C@@H](C)C(=O)NCC(=O)N1CCC[C@H]1C(=O)N[C@@H](CCCCN)C(=O)O. The Labute approximate surface area is 318 Å². The lowest BCUT2D eigenvalue weighted by molar-refractivity contribution is -0.144. The van der Waals surface area contributed by atoms with Crippen LogP contribution in [0.15, 0.2) is 0 Å². The molecule has 0 unspecified atom stereocenters. The van der Waals surface area contributed by atoms with E-state index >= 15 is 0 Å². The fraction of sp³-hybridized carbons (Fsp3) is 0.697. The smallest absolute Gasteiger partial charge is 0.326 e. The van der Waals surface area contributed by atoms with E-state index in [9.17, 15) is 58.2 Å². The predicted octanol–water partition coefficient (Wildman–Crippen LogP) is -4.50. The first-order valence-electron chi connectivity index (χ1n) is 18.0. The zero-order valence-electron chi connectivity index (χ0n) is 31.4. The van der Waals surface area contributed by atoms with Crippen LogP contribution in [0.4, 0.5) is 0 Å². The Balaban J connectivity index is 2.76. The van der Waals surface area contributed by atoms with Crippen LogP contribution in [0.1, 0.15) is 78.6 Å². The number of nitrogens with one attached hydrogen (secondary N) is 6. The lowest BCUT2D eigenvalue weighted by Gasteiger charge is -2.26. The van der Waals surface area contributed by atoms with Crippen molar-refractivity contribution in [2.24, 2.45) is 23.1 Å². The molecular formula is C33H56N10O12. The van der Waals surface area contributed by atoms with Crippen LogP contribution < -0.4 is 49.1 Å². The van der Waals surface area contributed by atoms with E-state index in [1.54, 1.807) is 13.8 Å². The van der Waals surface area contributed by atoms with Crippen molar-refractivity contribution >= 4 is 59.2 Å². The molecule has 8 amide bonds. The molecule has 1 saturated heterocycles. The van der Waals surface area contributed by atoms with Gasteiger partial charge in [-0.1, -0.05) is 13.8 Å². The third kappa shape index (κ3) is 18.0. The van der Waals surface area contributed by atoms with Crippen molar-refractivity contribution in [3.05, 3.63) is 0 Å². The number of carboxylic acids is 2. The molecule has 6 atom stereocenters. The van der Waals surface area contributed by atoms with Crippen molar-refractivity contribution in [2.75, 3.05) is 26.2 Å². The Morgan fingerprint density at radius 1 is 0.764 bits per heavy atom. The van der Waals surface area contributed by atoms with E-state index in [0.29, 0.717) is 32.2 Å². The van der Waals surface area contributed by atoms with Crippen LogP contribution in [0.3, 0.4) is 0 Å². The van der Waals surface area contributed by atoms with Gasteiger partial charge in [-0.2, -0.15) is 0 Å². The topological polar surface area (TPSA) is 365 Å². The molecule has 0 aromatic carbocycles. The maximum atomic E-state index is 13.1. The number of nitrogens with zero attached hydrogens (tertiary/aromatic N) is 1. The molecule has 1 aliphatic rings. The minimum absolute atomic E-state index is 0.105. The van der Waals surface area contributed by atoms with Crippen molar-refractivity contribution in [1.29, 1.82) is 0 Å². The van der Waals surface area contributed by atoms with E-state index in [-0.39, 0.29) is 38.1 Å². The first-order chi connectivity index (χ1) is 25.8. The highest BCUT2D eigenvalue weighted by atomic mass is 16.4. The number of unbranched alkanes of at least 4 members (excludes halogenated alkanes) is 1. The lowest BCUT2D eigenvalue weighted by Crippen LogP contribution is -2.56. The summed E-state index contributed by atoms with van der Waals surface area (Å²) >= 11 is 0. The summed E-state index contributed by atoms with van der Waals surface area (Å²) in [5.41, 5.74) is 16.2. The second-order valence-electron chi connectivity index (χ2n) is 13.6. The molecule has 0 aromatic heterocycles. The minimum Gasteiger partial charge on any atom is -0.481 e. The van der Waals surface area contributed by atoms with Crippen LogP contribution in [-0.4, -0.2) is 137 Å². The molecule has 1 rings (SSSR count). The van der Waals surface area contributed by atoms with Crippen LogP contribution in [-0.2, 0) is 47.9 Å². The van der Waals surface area contributed by atoms with Crippen molar-refractivity contribution in [2.45, 2.75) is 115 Å². The normalized spacial score (nSPS) is 16.4. The number of aliphatic carboxylic acids is 2. The van der Waals surface area contributed by atoms with Gasteiger partial charge in [-0.3, -0.25) is 43.2 Å². The van der Waals surface area contributed by atoms with Gasteiger partial charge in [0.1, 0.15) is 30.2 Å². The molecule has 1 fully saturated rings. The summed E-state index contributed by atoms with van der Waals surface area (Å²) in [4.78, 5) is 125. The summed E-state index contributed by atoms with van der Waals surface area (Å²) in [6, 6.07) is -7.35. The fourth-order valence-corrected chi connectivity index (χ4v) is 5.48. The molecule has 22 nitrogen and oxygen atoms in total. The molecule has 0 aromatic rings. The van der Waals surface area contributed by atoms with Gasteiger partial charge in [0.05, 0.1) is 25.6 Å². The number of primary amides is 1. The van der Waals surface area contributed by atoms with Gasteiger partial charge in [-0.15, -0.1) is 0 Å². The average molecular weight is 785 g/mol. The minimum atomic E-state index is -1.63. The van der Waals surface area contributed by atoms with Gasteiger partial charge in [-0.05, 0) is 64.3 Å². The number of hydrogen-bond donors (Lipinski definition) is 11. The van der Waals surface area contributed by atoms with Gasteiger partial charge >= 0.3 is 11.9 Å². The van der Waals surface area contributed by atoms with E-state index < -0.39 is 115 Å². The first-order valence-corrected chi connectivity index (χ1v) is 18.0. The summed E-state index contributed by atoms with van der Waals surface area (Å²) in [6.07, 6.45) is 0.889. The zero-order chi connectivity index (χ0) is 41.8. The van der Waals surface area contributed by atoms with Crippen LogP contribution in [0.2, 0.25) is 0 Å². The third-order valence-electron chi connectivity index (χ3n) is 8.44. The number of carboxylic acid groups (broad SMARTS) is 2. The van der Waals surface area contributed by atoms with Crippen molar-refractivity contribution in [3.63, 3.8) is 0 Å². The quantitative estimate of drug-likeness (QED) is 0.0389. The maximum absolute atomic E-state index is 13.1. The zero-order valence-corrected chi connectivity index (χ0v) is 31.4. The molecule has 0 saturated carbocycles.